The molecule has 1 aliphatic heterocycles. The summed E-state index contributed by atoms with van der Waals surface area (Å²) >= 11 is 0. The van der Waals surface area contributed by atoms with Gasteiger partial charge in [0.1, 0.15) is 11.6 Å². The number of likely N-dealkylation sites (N-methyl/N-ethyl adjacent to an activating group) is 1. The Kier molecular flexibility index (Phi) is 2.91. The smallest absolute Gasteiger partial charge is 0.247 e. The molecule has 0 unspecified atom stereocenters. The molecule has 0 aromatic carbocycles. The van der Waals surface area contributed by atoms with Crippen molar-refractivity contribution in [1.29, 1.82) is 5.26 Å². The van der Waals surface area contributed by atoms with Crippen LogP contribution in [0.3, 0.4) is 0 Å². The Morgan fingerprint density at radius 3 is 2.67 bits per heavy atom. The molecule has 6 nitrogen and oxygen atoms in total. The maximum absolute atomic E-state index is 12.2. The van der Waals surface area contributed by atoms with Crippen LogP contribution >= 0.6 is 0 Å². The average Bonchev–Trinajstić information content (AvgIpc) is 2.36. The quantitative estimate of drug-likeness (QED) is 0.716. The third-order valence-electron chi connectivity index (χ3n) is 3.24. The Bertz CT molecular complexity index is 519. The Morgan fingerprint density at radius 2 is 2.00 bits per heavy atom. The van der Waals surface area contributed by atoms with Gasteiger partial charge in [0.05, 0.1) is 0 Å². The molecule has 1 aromatic rings. The fourth-order valence-electron chi connectivity index (χ4n) is 2.19. The highest BCUT2D eigenvalue weighted by Gasteiger charge is 2.42. The Balaban J connectivity index is 2.45. The molecule has 2 rings (SSSR count). The van der Waals surface area contributed by atoms with E-state index in [1.54, 1.807) is 11.9 Å². The minimum atomic E-state index is -0.714. The van der Waals surface area contributed by atoms with Crippen LogP contribution < -0.4 is 4.90 Å². The van der Waals surface area contributed by atoms with Crippen molar-refractivity contribution in [1.82, 2.24) is 14.9 Å². The summed E-state index contributed by atoms with van der Waals surface area (Å²) in [7, 11) is 1.78. The van der Waals surface area contributed by atoms with Crippen LogP contribution in [-0.4, -0.2) is 46.5 Å². The summed E-state index contributed by atoms with van der Waals surface area (Å²) in [5.41, 5.74) is -0.461. The van der Waals surface area contributed by atoms with Crippen LogP contribution in [0, 0.1) is 11.3 Å². The van der Waals surface area contributed by atoms with E-state index in [9.17, 15) is 4.79 Å². The van der Waals surface area contributed by atoms with Gasteiger partial charge in [0.15, 0.2) is 11.5 Å². The van der Waals surface area contributed by atoms with Crippen molar-refractivity contribution in [2.75, 3.05) is 25.0 Å². The lowest BCUT2D eigenvalue weighted by Gasteiger charge is -2.45. The van der Waals surface area contributed by atoms with Gasteiger partial charge in [0, 0.05) is 32.5 Å². The third-order valence-corrected chi connectivity index (χ3v) is 3.24. The van der Waals surface area contributed by atoms with Crippen molar-refractivity contribution in [2.45, 2.75) is 19.4 Å². The molecule has 6 heteroatoms. The second-order valence-electron chi connectivity index (χ2n) is 4.78. The lowest BCUT2D eigenvalue weighted by molar-refractivity contribution is -0.136. The summed E-state index contributed by atoms with van der Waals surface area (Å²) in [5.74, 6) is 0.495. The number of carbonyl (C=O) groups is 1. The first-order valence-corrected chi connectivity index (χ1v) is 5.73. The van der Waals surface area contributed by atoms with Crippen molar-refractivity contribution in [3.8, 4) is 6.07 Å². The molecule has 2 heterocycles. The van der Waals surface area contributed by atoms with Gasteiger partial charge >= 0.3 is 0 Å². The molecule has 1 aromatic heterocycles. The number of rotatable bonds is 1. The Morgan fingerprint density at radius 1 is 1.33 bits per heavy atom. The van der Waals surface area contributed by atoms with Gasteiger partial charge in [-0.05, 0) is 13.8 Å². The van der Waals surface area contributed by atoms with Gasteiger partial charge in [0.25, 0.3) is 0 Å². The number of hydrogen-bond acceptors (Lipinski definition) is 5. The monoisotopic (exact) mass is 245 g/mol. The predicted octanol–water partition coefficient (Wildman–Crippen LogP) is 0.405. The van der Waals surface area contributed by atoms with Crippen LogP contribution in [0.2, 0.25) is 0 Å². The van der Waals surface area contributed by atoms with Gasteiger partial charge in [-0.1, -0.05) is 0 Å². The third kappa shape index (κ3) is 1.78. The van der Waals surface area contributed by atoms with E-state index in [0.29, 0.717) is 18.9 Å². The summed E-state index contributed by atoms with van der Waals surface area (Å²) in [6.07, 6.45) is 3.02. The average molecular weight is 245 g/mol. The molecule has 1 amide bonds. The van der Waals surface area contributed by atoms with Crippen molar-refractivity contribution < 1.29 is 4.79 Å². The maximum Gasteiger partial charge on any atom is 0.247 e. The zero-order valence-corrected chi connectivity index (χ0v) is 10.7. The van der Waals surface area contributed by atoms with E-state index in [-0.39, 0.29) is 11.6 Å². The highest BCUT2D eigenvalue weighted by atomic mass is 16.2. The van der Waals surface area contributed by atoms with E-state index in [2.05, 4.69) is 9.97 Å². The van der Waals surface area contributed by atoms with E-state index in [1.807, 2.05) is 24.8 Å². The number of anilines is 1. The number of aromatic nitrogens is 2. The molecule has 94 valence electrons. The number of piperazine rings is 1. The van der Waals surface area contributed by atoms with Gasteiger partial charge in [-0.25, -0.2) is 9.97 Å². The summed E-state index contributed by atoms with van der Waals surface area (Å²) < 4.78 is 0. The Labute approximate surface area is 106 Å². The first-order chi connectivity index (χ1) is 8.48. The van der Waals surface area contributed by atoms with Crippen LogP contribution in [0.5, 0.6) is 0 Å². The van der Waals surface area contributed by atoms with Crippen molar-refractivity contribution in [3.63, 3.8) is 0 Å². The molecule has 0 saturated carbocycles. The van der Waals surface area contributed by atoms with Crippen molar-refractivity contribution >= 4 is 11.7 Å². The molecule has 1 aliphatic rings. The molecule has 0 bridgehead atoms. The van der Waals surface area contributed by atoms with E-state index in [4.69, 9.17) is 5.26 Å². The summed E-state index contributed by atoms with van der Waals surface area (Å²) in [6, 6.07) is 2.02. The Hall–Kier alpha value is -2.16. The van der Waals surface area contributed by atoms with Gasteiger partial charge in [-0.15, -0.1) is 0 Å². The number of hydrogen-bond donors (Lipinski definition) is 0. The van der Waals surface area contributed by atoms with Crippen molar-refractivity contribution in [3.05, 3.63) is 18.1 Å². The summed E-state index contributed by atoms with van der Waals surface area (Å²) in [4.78, 5) is 23.9. The lowest BCUT2D eigenvalue weighted by Crippen LogP contribution is -2.62. The summed E-state index contributed by atoms with van der Waals surface area (Å²) in [6.45, 7) is 4.92. The highest BCUT2D eigenvalue weighted by molar-refractivity contribution is 5.90. The number of amides is 1. The van der Waals surface area contributed by atoms with E-state index < -0.39 is 5.54 Å². The van der Waals surface area contributed by atoms with Gasteiger partial charge in [-0.3, -0.25) is 4.79 Å². The molecular weight excluding hydrogens is 230 g/mol. The zero-order chi connectivity index (χ0) is 13.3. The topological polar surface area (TPSA) is 73.1 Å². The largest absolute Gasteiger partial charge is 0.342 e. The highest BCUT2D eigenvalue weighted by Crippen LogP contribution is 2.28. The molecule has 0 N–H and O–H groups in total. The van der Waals surface area contributed by atoms with E-state index >= 15 is 0 Å². The second-order valence-corrected chi connectivity index (χ2v) is 4.78. The SMILES string of the molecule is CN1CCN(c2nccnc2C#N)C(C)(C)C1=O. The molecular formula is C12H15N5O. The maximum atomic E-state index is 12.2. The number of nitrogens with zero attached hydrogens (tertiary/aromatic N) is 5. The molecule has 18 heavy (non-hydrogen) atoms. The first-order valence-electron chi connectivity index (χ1n) is 5.73. The first kappa shape index (κ1) is 12.3. The van der Waals surface area contributed by atoms with Crippen LogP contribution in [0.1, 0.15) is 19.5 Å². The minimum Gasteiger partial charge on any atom is -0.342 e. The molecule has 1 fully saturated rings. The number of carbonyl (C=O) groups excluding carboxylic acids is 1. The van der Waals surface area contributed by atoms with Crippen LogP contribution in [0.25, 0.3) is 0 Å². The van der Waals surface area contributed by atoms with Crippen LogP contribution in [0.4, 0.5) is 5.82 Å². The molecule has 0 atom stereocenters. The van der Waals surface area contributed by atoms with Gasteiger partial charge in [0.2, 0.25) is 5.91 Å². The molecule has 1 saturated heterocycles. The standard InChI is InChI=1S/C12H15N5O/c1-12(2)11(18)16(3)6-7-17(12)10-9(8-13)14-4-5-15-10/h4-5H,6-7H2,1-3H3. The lowest BCUT2D eigenvalue weighted by atomic mass is 9.97. The second kappa shape index (κ2) is 4.26. The zero-order valence-electron chi connectivity index (χ0n) is 10.7. The summed E-state index contributed by atoms with van der Waals surface area (Å²) in [5, 5.41) is 9.06. The van der Waals surface area contributed by atoms with Crippen molar-refractivity contribution in [2.24, 2.45) is 0 Å². The molecule has 0 radical (unpaired) electrons. The normalized spacial score (nSPS) is 18.7. The van der Waals surface area contributed by atoms with Gasteiger partial charge < -0.3 is 9.80 Å². The van der Waals surface area contributed by atoms with E-state index in [1.165, 1.54) is 12.4 Å². The van der Waals surface area contributed by atoms with Crippen LogP contribution in [-0.2, 0) is 4.79 Å². The fraction of sp³-hybridized carbons (Fsp3) is 0.500. The predicted molar refractivity (Wildman–Crippen MR) is 65.8 cm³/mol. The molecule has 0 aliphatic carbocycles. The van der Waals surface area contributed by atoms with Crippen LogP contribution in [0.15, 0.2) is 12.4 Å². The molecule has 0 spiro atoms. The van der Waals surface area contributed by atoms with Gasteiger partial charge in [-0.2, -0.15) is 5.26 Å². The fourth-order valence-corrected chi connectivity index (χ4v) is 2.19. The van der Waals surface area contributed by atoms with E-state index in [0.717, 1.165) is 0 Å². The number of nitriles is 1. The minimum absolute atomic E-state index is 0.0169.